The van der Waals surface area contributed by atoms with Gasteiger partial charge in [0, 0.05) is 12.1 Å². The predicted octanol–water partition coefficient (Wildman–Crippen LogP) is 2.83. The van der Waals surface area contributed by atoms with Crippen molar-refractivity contribution < 1.29 is 19.6 Å². The summed E-state index contributed by atoms with van der Waals surface area (Å²) in [6, 6.07) is 10.7. The third-order valence-corrected chi connectivity index (χ3v) is 2.87. The lowest BCUT2D eigenvalue weighted by molar-refractivity contribution is -0.385. The van der Waals surface area contributed by atoms with E-state index in [0.717, 1.165) is 12.1 Å². The summed E-state index contributed by atoms with van der Waals surface area (Å²) in [6.07, 6.45) is 0. The van der Waals surface area contributed by atoms with Crippen LogP contribution in [-0.4, -0.2) is 16.0 Å². The number of hydrogen-bond acceptors (Lipinski definition) is 6. The van der Waals surface area contributed by atoms with Crippen LogP contribution in [0.1, 0.15) is 21.5 Å². The first-order valence-electron chi connectivity index (χ1n) is 6.10. The van der Waals surface area contributed by atoms with E-state index in [1.165, 1.54) is 24.3 Å². The Morgan fingerprint density at radius 3 is 2.17 bits per heavy atom. The first-order chi connectivity index (χ1) is 11.0. The molecule has 0 amide bonds. The number of carbonyl (C=O) groups is 1. The molecule has 0 aliphatic heterocycles. The van der Waals surface area contributed by atoms with E-state index >= 15 is 0 Å². The van der Waals surface area contributed by atoms with Gasteiger partial charge in [0.1, 0.15) is 17.9 Å². The number of benzene rings is 2. The van der Waals surface area contributed by atoms with Gasteiger partial charge in [-0.05, 0) is 24.3 Å². The molecular weight excluding hydrogens is 302 g/mol. The fourth-order valence-corrected chi connectivity index (χ4v) is 1.77. The van der Waals surface area contributed by atoms with Crippen LogP contribution in [0.2, 0.25) is 0 Å². The van der Waals surface area contributed by atoms with E-state index in [1.807, 2.05) is 0 Å². The molecule has 0 aliphatic carbocycles. The average molecular weight is 309 g/mol. The number of nitriles is 2. The van der Waals surface area contributed by atoms with Crippen molar-refractivity contribution in [1.82, 2.24) is 0 Å². The van der Waals surface area contributed by atoms with Gasteiger partial charge >= 0.3 is 11.7 Å². The van der Waals surface area contributed by atoms with Crippen molar-refractivity contribution >= 4 is 11.7 Å². The molecular formula is C15H7N3O5. The largest absolute Gasteiger partial charge is 0.478 e. The lowest BCUT2D eigenvalue weighted by Crippen LogP contribution is -1.98. The summed E-state index contributed by atoms with van der Waals surface area (Å²) in [5, 5.41) is 37.8. The minimum Gasteiger partial charge on any atom is -0.478 e. The topological polar surface area (TPSA) is 137 Å². The smallest absolute Gasteiger partial charge is 0.335 e. The van der Waals surface area contributed by atoms with Gasteiger partial charge in [-0.15, -0.1) is 0 Å². The summed E-state index contributed by atoms with van der Waals surface area (Å²) < 4.78 is 5.35. The normalized spacial score (nSPS) is 9.48. The molecule has 0 atom stereocenters. The lowest BCUT2D eigenvalue weighted by Gasteiger charge is -2.07. The second-order valence-corrected chi connectivity index (χ2v) is 4.28. The number of nitro benzene ring substituents is 1. The van der Waals surface area contributed by atoms with Gasteiger partial charge in [-0.25, -0.2) is 4.79 Å². The van der Waals surface area contributed by atoms with Gasteiger partial charge in [0.05, 0.1) is 21.6 Å². The number of ether oxygens (including phenoxy) is 1. The molecule has 0 fully saturated rings. The number of carboxylic acid groups (broad SMARTS) is 1. The fraction of sp³-hybridized carbons (Fsp3) is 0. The molecule has 0 radical (unpaired) electrons. The highest BCUT2D eigenvalue weighted by atomic mass is 16.6. The summed E-state index contributed by atoms with van der Waals surface area (Å²) in [6.45, 7) is 0. The molecule has 1 N–H and O–H groups in total. The van der Waals surface area contributed by atoms with Crippen LogP contribution in [0.5, 0.6) is 11.5 Å². The lowest BCUT2D eigenvalue weighted by atomic mass is 10.1. The van der Waals surface area contributed by atoms with Crippen LogP contribution in [-0.2, 0) is 0 Å². The van der Waals surface area contributed by atoms with Crippen LogP contribution in [0.3, 0.4) is 0 Å². The number of carboxylic acids is 1. The van der Waals surface area contributed by atoms with Crippen molar-refractivity contribution in [2.45, 2.75) is 0 Å². The van der Waals surface area contributed by atoms with E-state index in [9.17, 15) is 14.9 Å². The predicted molar refractivity (Wildman–Crippen MR) is 76.0 cm³/mol. The third kappa shape index (κ3) is 3.23. The third-order valence-electron chi connectivity index (χ3n) is 2.87. The molecule has 8 nitrogen and oxygen atoms in total. The summed E-state index contributed by atoms with van der Waals surface area (Å²) in [5.74, 6) is -1.17. The zero-order chi connectivity index (χ0) is 17.0. The molecule has 0 unspecified atom stereocenters. The quantitative estimate of drug-likeness (QED) is 0.676. The summed E-state index contributed by atoms with van der Waals surface area (Å²) in [7, 11) is 0. The maximum Gasteiger partial charge on any atom is 0.335 e. The van der Waals surface area contributed by atoms with Crippen LogP contribution >= 0.6 is 0 Å². The van der Waals surface area contributed by atoms with Gasteiger partial charge in [-0.1, -0.05) is 0 Å². The Morgan fingerprint density at radius 2 is 1.70 bits per heavy atom. The van der Waals surface area contributed by atoms with E-state index in [-0.39, 0.29) is 28.2 Å². The van der Waals surface area contributed by atoms with Gasteiger partial charge in [-0.3, -0.25) is 10.1 Å². The fourth-order valence-electron chi connectivity index (χ4n) is 1.77. The number of nitrogens with zero attached hydrogens (tertiary/aromatic N) is 3. The van der Waals surface area contributed by atoms with Crippen LogP contribution in [0, 0.1) is 32.8 Å². The van der Waals surface area contributed by atoms with E-state index in [1.54, 1.807) is 12.1 Å². The molecule has 2 aromatic rings. The Labute approximate surface area is 129 Å². The molecule has 0 aromatic heterocycles. The number of nitro groups is 1. The van der Waals surface area contributed by atoms with Crippen LogP contribution in [0.25, 0.3) is 0 Å². The maximum atomic E-state index is 11.1. The molecule has 2 aromatic carbocycles. The molecule has 0 spiro atoms. The van der Waals surface area contributed by atoms with Crippen LogP contribution in [0.15, 0.2) is 36.4 Å². The van der Waals surface area contributed by atoms with Gasteiger partial charge in [0.15, 0.2) is 0 Å². The van der Waals surface area contributed by atoms with Crippen molar-refractivity contribution in [3.8, 4) is 23.6 Å². The van der Waals surface area contributed by atoms with Crippen molar-refractivity contribution in [2.24, 2.45) is 0 Å². The van der Waals surface area contributed by atoms with Crippen molar-refractivity contribution in [2.75, 3.05) is 0 Å². The second-order valence-electron chi connectivity index (χ2n) is 4.28. The van der Waals surface area contributed by atoms with Gasteiger partial charge in [0.25, 0.3) is 0 Å². The Bertz CT molecular complexity index is 876. The zero-order valence-electron chi connectivity index (χ0n) is 11.4. The molecule has 2 rings (SSSR count). The highest BCUT2D eigenvalue weighted by molar-refractivity contribution is 5.87. The number of rotatable bonds is 4. The Balaban J connectivity index is 2.46. The number of aromatic carboxylic acids is 1. The van der Waals surface area contributed by atoms with Gasteiger partial charge in [0.2, 0.25) is 5.75 Å². The minimum absolute atomic E-state index is 0.0318. The van der Waals surface area contributed by atoms with Crippen molar-refractivity contribution in [3.05, 3.63) is 63.2 Å². The molecule has 8 heteroatoms. The summed E-state index contributed by atoms with van der Waals surface area (Å²) >= 11 is 0. The van der Waals surface area contributed by atoms with Crippen LogP contribution in [0.4, 0.5) is 5.69 Å². The maximum absolute atomic E-state index is 11.1. The van der Waals surface area contributed by atoms with Crippen molar-refractivity contribution in [3.63, 3.8) is 0 Å². The van der Waals surface area contributed by atoms with Crippen LogP contribution < -0.4 is 4.74 Å². The molecule has 112 valence electrons. The van der Waals surface area contributed by atoms with E-state index < -0.39 is 16.6 Å². The average Bonchev–Trinajstić information content (AvgIpc) is 2.54. The highest BCUT2D eigenvalue weighted by Crippen LogP contribution is 2.34. The van der Waals surface area contributed by atoms with E-state index in [4.69, 9.17) is 20.4 Å². The van der Waals surface area contributed by atoms with E-state index in [0.29, 0.717) is 0 Å². The second kappa shape index (κ2) is 6.24. The molecule has 0 saturated heterocycles. The number of hydrogen-bond donors (Lipinski definition) is 1. The summed E-state index contributed by atoms with van der Waals surface area (Å²) in [4.78, 5) is 21.1. The highest BCUT2D eigenvalue weighted by Gasteiger charge is 2.20. The molecule has 0 heterocycles. The SMILES string of the molecule is N#Cc1cc(Oc2ccc(C(=O)O)cc2)c([N+](=O)[O-])cc1C#N. The summed E-state index contributed by atoms with van der Waals surface area (Å²) in [5.41, 5.74) is -0.629. The molecule has 0 saturated carbocycles. The first kappa shape index (κ1) is 15.5. The van der Waals surface area contributed by atoms with E-state index in [2.05, 4.69) is 0 Å². The Hall–Kier alpha value is -3.91. The molecule has 0 aliphatic rings. The molecule has 0 bridgehead atoms. The Morgan fingerprint density at radius 1 is 1.13 bits per heavy atom. The van der Waals surface area contributed by atoms with Crippen molar-refractivity contribution in [1.29, 1.82) is 10.5 Å². The van der Waals surface area contributed by atoms with Gasteiger partial charge < -0.3 is 9.84 Å². The monoisotopic (exact) mass is 309 g/mol. The minimum atomic E-state index is -1.12. The zero-order valence-corrected chi connectivity index (χ0v) is 11.4. The molecule has 23 heavy (non-hydrogen) atoms. The van der Waals surface area contributed by atoms with Gasteiger partial charge in [-0.2, -0.15) is 10.5 Å². The Kier molecular flexibility index (Phi) is 4.20. The first-order valence-corrected chi connectivity index (χ1v) is 6.10. The standard InChI is InChI=1S/C15H7N3O5/c16-7-10-5-13(18(21)22)14(6-11(10)8-17)23-12-3-1-9(2-4-12)15(19)20/h1-6H,(H,19,20).